The van der Waals surface area contributed by atoms with Crippen molar-refractivity contribution in [2.75, 3.05) is 12.4 Å². The minimum Gasteiger partial charge on any atom is -0.481 e. The quantitative estimate of drug-likeness (QED) is 0.628. The molecule has 0 heterocycles. The van der Waals surface area contributed by atoms with Gasteiger partial charge in [0.25, 0.3) is 0 Å². The number of anilines is 1. The van der Waals surface area contributed by atoms with Crippen molar-refractivity contribution in [1.82, 2.24) is 0 Å². The molecule has 1 aromatic carbocycles. The van der Waals surface area contributed by atoms with Gasteiger partial charge in [-0.15, -0.1) is 0 Å². The van der Waals surface area contributed by atoms with Crippen LogP contribution >= 0.6 is 0 Å². The number of aryl methyl sites for hydroxylation is 1. The van der Waals surface area contributed by atoms with E-state index >= 15 is 0 Å². The number of carboxylic acids is 1. The van der Waals surface area contributed by atoms with E-state index in [2.05, 4.69) is 10.1 Å². The Balaban J connectivity index is 2.15. The van der Waals surface area contributed by atoms with Crippen LogP contribution in [0.5, 0.6) is 0 Å². The number of ether oxygens (including phenoxy) is 1. The first-order valence-corrected chi connectivity index (χ1v) is 8.60. The lowest BCUT2D eigenvalue weighted by Crippen LogP contribution is -2.35. The fraction of sp³-hybridized carbons (Fsp3) is 0.526. The molecule has 2 rings (SSSR count). The number of nitrogens with one attached hydrogen (secondary N) is 1. The van der Waals surface area contributed by atoms with Crippen LogP contribution in [0.3, 0.4) is 0 Å². The predicted octanol–water partition coefficient (Wildman–Crippen LogP) is 3.54. The summed E-state index contributed by atoms with van der Waals surface area (Å²) in [5, 5.41) is 12.5. The minimum absolute atomic E-state index is 0.0514. The van der Waals surface area contributed by atoms with Crippen molar-refractivity contribution in [3.05, 3.63) is 29.3 Å². The van der Waals surface area contributed by atoms with E-state index < -0.39 is 17.4 Å². The number of benzene rings is 1. The van der Waals surface area contributed by atoms with Crippen molar-refractivity contribution in [1.29, 1.82) is 0 Å². The molecule has 1 amide bonds. The molecule has 1 saturated carbocycles. The van der Waals surface area contributed by atoms with E-state index in [0.717, 1.165) is 31.2 Å². The molecule has 1 aromatic rings. The molecular formula is C19H25NO5. The Morgan fingerprint density at radius 2 is 1.80 bits per heavy atom. The summed E-state index contributed by atoms with van der Waals surface area (Å²) >= 11 is 0. The molecule has 2 N–H and O–H groups in total. The lowest BCUT2D eigenvalue weighted by molar-refractivity contribution is -0.152. The number of aliphatic carboxylic acids is 1. The standard InChI is InChI=1S/C19H25NO5/c1-13-7-8-14(17(22)25-2)11-15(13)20-16(21)12-19(18(23)24)9-5-3-4-6-10-19/h7-8,11H,3-6,9-10,12H2,1-2H3,(H,20,21)(H,23,24). The molecule has 25 heavy (non-hydrogen) atoms. The third kappa shape index (κ3) is 4.59. The smallest absolute Gasteiger partial charge is 0.337 e. The van der Waals surface area contributed by atoms with Gasteiger partial charge in [0.1, 0.15) is 0 Å². The van der Waals surface area contributed by atoms with Crippen LogP contribution in [-0.4, -0.2) is 30.1 Å². The molecule has 0 bridgehead atoms. The van der Waals surface area contributed by atoms with Crippen LogP contribution in [0.15, 0.2) is 18.2 Å². The van der Waals surface area contributed by atoms with Crippen molar-refractivity contribution in [2.24, 2.45) is 5.41 Å². The first kappa shape index (κ1) is 19.0. The van der Waals surface area contributed by atoms with Crippen LogP contribution in [0.2, 0.25) is 0 Å². The zero-order valence-corrected chi connectivity index (χ0v) is 14.8. The number of carbonyl (C=O) groups excluding carboxylic acids is 2. The second kappa shape index (κ2) is 8.14. The Morgan fingerprint density at radius 1 is 1.16 bits per heavy atom. The van der Waals surface area contributed by atoms with E-state index in [0.29, 0.717) is 24.1 Å². The SMILES string of the molecule is COC(=O)c1ccc(C)c(NC(=O)CC2(C(=O)O)CCCCCC2)c1. The van der Waals surface area contributed by atoms with E-state index in [1.54, 1.807) is 18.2 Å². The van der Waals surface area contributed by atoms with Gasteiger partial charge < -0.3 is 15.2 Å². The average Bonchev–Trinajstić information content (AvgIpc) is 2.82. The molecule has 0 aromatic heterocycles. The van der Waals surface area contributed by atoms with Gasteiger partial charge in [-0.05, 0) is 37.5 Å². The number of carboxylic acid groups (broad SMARTS) is 1. The maximum atomic E-state index is 12.5. The first-order valence-electron chi connectivity index (χ1n) is 8.60. The van der Waals surface area contributed by atoms with Crippen LogP contribution in [0.1, 0.15) is 60.9 Å². The van der Waals surface area contributed by atoms with Crippen LogP contribution in [0.25, 0.3) is 0 Å². The molecule has 0 atom stereocenters. The van der Waals surface area contributed by atoms with Gasteiger partial charge in [0, 0.05) is 12.1 Å². The number of methoxy groups -OCH3 is 1. The topological polar surface area (TPSA) is 92.7 Å². The molecule has 0 unspecified atom stereocenters. The number of amides is 1. The van der Waals surface area contributed by atoms with E-state index in [1.165, 1.54) is 7.11 Å². The summed E-state index contributed by atoms with van der Waals surface area (Å²) in [5.74, 6) is -1.72. The second-order valence-electron chi connectivity index (χ2n) is 6.75. The zero-order valence-electron chi connectivity index (χ0n) is 14.8. The highest BCUT2D eigenvalue weighted by molar-refractivity contribution is 5.97. The number of carbonyl (C=O) groups is 3. The maximum absolute atomic E-state index is 12.5. The number of hydrogen-bond donors (Lipinski definition) is 2. The molecule has 6 heteroatoms. The largest absolute Gasteiger partial charge is 0.481 e. The summed E-state index contributed by atoms with van der Waals surface area (Å²) in [5.41, 5.74) is 0.646. The monoisotopic (exact) mass is 347 g/mol. The van der Waals surface area contributed by atoms with E-state index in [4.69, 9.17) is 0 Å². The molecule has 136 valence electrons. The Bertz CT molecular complexity index is 660. The van der Waals surface area contributed by atoms with Crippen LogP contribution in [-0.2, 0) is 14.3 Å². The minimum atomic E-state index is -0.992. The molecule has 0 spiro atoms. The Kier molecular flexibility index (Phi) is 6.17. The fourth-order valence-electron chi connectivity index (χ4n) is 3.37. The molecule has 1 aliphatic rings. The second-order valence-corrected chi connectivity index (χ2v) is 6.75. The zero-order chi connectivity index (χ0) is 18.4. The lowest BCUT2D eigenvalue weighted by atomic mass is 9.77. The molecule has 0 saturated heterocycles. The summed E-state index contributed by atoms with van der Waals surface area (Å²) in [4.78, 5) is 36.0. The number of esters is 1. The predicted molar refractivity (Wildman–Crippen MR) is 93.5 cm³/mol. The van der Waals surface area contributed by atoms with Gasteiger partial charge in [0.15, 0.2) is 0 Å². The molecule has 1 aliphatic carbocycles. The third-order valence-corrected chi connectivity index (χ3v) is 4.95. The lowest BCUT2D eigenvalue weighted by Gasteiger charge is -2.27. The molecule has 0 aliphatic heterocycles. The highest BCUT2D eigenvalue weighted by Crippen LogP contribution is 2.38. The highest BCUT2D eigenvalue weighted by Gasteiger charge is 2.40. The van der Waals surface area contributed by atoms with Crippen molar-refractivity contribution in [2.45, 2.75) is 51.9 Å². The number of rotatable bonds is 5. The Labute approximate surface area is 147 Å². The molecular weight excluding hydrogens is 322 g/mol. The van der Waals surface area contributed by atoms with Crippen molar-refractivity contribution >= 4 is 23.5 Å². The molecule has 0 radical (unpaired) electrons. The third-order valence-electron chi connectivity index (χ3n) is 4.95. The van der Waals surface area contributed by atoms with Crippen LogP contribution in [0.4, 0.5) is 5.69 Å². The van der Waals surface area contributed by atoms with Crippen LogP contribution in [0, 0.1) is 12.3 Å². The van der Waals surface area contributed by atoms with Gasteiger partial charge in [-0.1, -0.05) is 31.7 Å². The van der Waals surface area contributed by atoms with Crippen LogP contribution < -0.4 is 5.32 Å². The van der Waals surface area contributed by atoms with Gasteiger partial charge in [-0.3, -0.25) is 9.59 Å². The van der Waals surface area contributed by atoms with Gasteiger partial charge in [-0.2, -0.15) is 0 Å². The summed E-state index contributed by atoms with van der Waals surface area (Å²) in [6.07, 6.45) is 4.68. The average molecular weight is 347 g/mol. The van der Waals surface area contributed by atoms with E-state index in [1.807, 2.05) is 6.92 Å². The maximum Gasteiger partial charge on any atom is 0.337 e. The van der Waals surface area contributed by atoms with Crippen molar-refractivity contribution in [3.63, 3.8) is 0 Å². The number of hydrogen-bond acceptors (Lipinski definition) is 4. The molecule has 6 nitrogen and oxygen atoms in total. The fourth-order valence-corrected chi connectivity index (χ4v) is 3.37. The van der Waals surface area contributed by atoms with Gasteiger partial charge in [-0.25, -0.2) is 4.79 Å². The van der Waals surface area contributed by atoms with Crippen molar-refractivity contribution < 1.29 is 24.2 Å². The normalized spacial score (nSPS) is 16.6. The van der Waals surface area contributed by atoms with Gasteiger partial charge in [0.2, 0.25) is 5.91 Å². The Hall–Kier alpha value is -2.37. The van der Waals surface area contributed by atoms with Crippen molar-refractivity contribution in [3.8, 4) is 0 Å². The summed E-state index contributed by atoms with van der Waals surface area (Å²) in [6.45, 7) is 1.81. The summed E-state index contributed by atoms with van der Waals surface area (Å²) in [6, 6.07) is 4.90. The summed E-state index contributed by atoms with van der Waals surface area (Å²) in [7, 11) is 1.29. The van der Waals surface area contributed by atoms with E-state index in [9.17, 15) is 19.5 Å². The van der Waals surface area contributed by atoms with Gasteiger partial charge in [0.05, 0.1) is 18.1 Å². The highest BCUT2D eigenvalue weighted by atomic mass is 16.5. The van der Waals surface area contributed by atoms with E-state index in [-0.39, 0.29) is 12.3 Å². The first-order chi connectivity index (χ1) is 11.9. The summed E-state index contributed by atoms with van der Waals surface area (Å²) < 4.78 is 4.69. The Morgan fingerprint density at radius 3 is 2.36 bits per heavy atom. The molecule has 1 fully saturated rings. The van der Waals surface area contributed by atoms with Gasteiger partial charge >= 0.3 is 11.9 Å².